The Morgan fingerprint density at radius 1 is 1.18 bits per heavy atom. The Balaban J connectivity index is 1.51. The second kappa shape index (κ2) is 9.53. The monoisotopic (exact) mass is 441 g/mol. The molecule has 2 aromatic heterocycles. The topological polar surface area (TPSA) is 63.4 Å². The van der Waals surface area contributed by atoms with Crippen molar-refractivity contribution in [3.63, 3.8) is 0 Å². The summed E-state index contributed by atoms with van der Waals surface area (Å²) in [4.78, 5) is 7.29. The van der Waals surface area contributed by atoms with Crippen LogP contribution in [0.2, 0.25) is 0 Å². The molecule has 1 radical (unpaired) electrons. The highest BCUT2D eigenvalue weighted by molar-refractivity contribution is 6.67. The summed E-state index contributed by atoms with van der Waals surface area (Å²) in [6.07, 6.45) is 6.39. The first-order valence-electron chi connectivity index (χ1n) is 11.9. The summed E-state index contributed by atoms with van der Waals surface area (Å²) in [7, 11) is 2.11. The molecular formula is C26H30BN4O2. The van der Waals surface area contributed by atoms with E-state index in [4.69, 9.17) is 14.8 Å². The maximum absolute atomic E-state index is 10.7. The Kier molecular flexibility index (Phi) is 6.33. The quantitative estimate of drug-likeness (QED) is 0.570. The molecule has 1 fully saturated rings. The van der Waals surface area contributed by atoms with Crippen LogP contribution < -0.4 is 10.4 Å². The number of benzene rings is 1. The van der Waals surface area contributed by atoms with Gasteiger partial charge in [-0.1, -0.05) is 49.0 Å². The zero-order valence-corrected chi connectivity index (χ0v) is 19.4. The molecule has 2 aliphatic heterocycles. The van der Waals surface area contributed by atoms with Gasteiger partial charge < -0.3 is 14.7 Å². The smallest absolute Gasteiger partial charge is 0.195 e. The van der Waals surface area contributed by atoms with E-state index in [9.17, 15) is 5.11 Å². The van der Waals surface area contributed by atoms with Gasteiger partial charge in [0.15, 0.2) is 13.1 Å². The number of aromatic nitrogens is 3. The molecule has 0 amide bonds. The van der Waals surface area contributed by atoms with Crippen molar-refractivity contribution < 1.29 is 9.84 Å². The standard InChI is InChI=1S/C26H30BN4O2/c1-3-4-8-24(32)20-16-22-26(27-20)23(30-11-13-33-14-12-30)17-25(28-22)31-10-9-21(29-31)19-7-5-6-18(2)15-19/h5-7,9-10,15-17,24,32H,3-4,8,11-14H2,1-2H3. The Bertz CT molecular complexity index is 1170. The molecule has 1 unspecified atom stereocenters. The summed E-state index contributed by atoms with van der Waals surface area (Å²) >= 11 is 0. The third kappa shape index (κ3) is 4.61. The minimum atomic E-state index is -0.460. The average molecular weight is 441 g/mol. The molecule has 5 rings (SSSR count). The van der Waals surface area contributed by atoms with Crippen LogP contribution in [0.3, 0.4) is 0 Å². The third-order valence-corrected chi connectivity index (χ3v) is 6.37. The molecule has 0 spiro atoms. The van der Waals surface area contributed by atoms with Gasteiger partial charge in [0, 0.05) is 36.6 Å². The number of rotatable bonds is 7. The summed E-state index contributed by atoms with van der Waals surface area (Å²) in [6, 6.07) is 12.5. The van der Waals surface area contributed by atoms with E-state index in [1.54, 1.807) is 0 Å². The fourth-order valence-electron chi connectivity index (χ4n) is 4.52. The molecule has 4 heterocycles. The Morgan fingerprint density at radius 3 is 2.82 bits per heavy atom. The molecule has 0 saturated carbocycles. The molecule has 0 bridgehead atoms. The Labute approximate surface area is 196 Å². The van der Waals surface area contributed by atoms with Crippen LogP contribution in [0.1, 0.15) is 37.4 Å². The van der Waals surface area contributed by atoms with E-state index in [-0.39, 0.29) is 0 Å². The van der Waals surface area contributed by atoms with E-state index in [0.717, 1.165) is 71.7 Å². The normalized spacial score (nSPS) is 16.3. The first-order chi connectivity index (χ1) is 16.1. The van der Waals surface area contributed by atoms with E-state index >= 15 is 0 Å². The van der Waals surface area contributed by atoms with Crippen molar-refractivity contribution in [3.05, 3.63) is 59.3 Å². The van der Waals surface area contributed by atoms with E-state index in [1.807, 2.05) is 23.0 Å². The summed E-state index contributed by atoms with van der Waals surface area (Å²) in [5, 5.41) is 15.5. The fraction of sp³-hybridized carbons (Fsp3) is 0.385. The number of aliphatic hydroxyl groups excluding tert-OH is 1. The van der Waals surface area contributed by atoms with Crippen LogP contribution in [0.25, 0.3) is 23.2 Å². The van der Waals surface area contributed by atoms with Crippen molar-refractivity contribution in [3.8, 4) is 17.1 Å². The van der Waals surface area contributed by atoms with Crippen LogP contribution in [-0.2, 0) is 4.74 Å². The molecule has 169 valence electrons. The first-order valence-corrected chi connectivity index (χ1v) is 11.9. The van der Waals surface area contributed by atoms with Crippen LogP contribution in [0.5, 0.6) is 0 Å². The van der Waals surface area contributed by atoms with Crippen molar-refractivity contribution in [1.82, 2.24) is 14.8 Å². The number of aliphatic hydroxyl groups is 1. The van der Waals surface area contributed by atoms with Crippen molar-refractivity contribution in [2.45, 2.75) is 39.2 Å². The average Bonchev–Trinajstić information content (AvgIpc) is 3.50. The number of fused-ring (bicyclic) bond motifs is 1. The Morgan fingerprint density at radius 2 is 2.03 bits per heavy atom. The van der Waals surface area contributed by atoms with Gasteiger partial charge in [0.25, 0.3) is 0 Å². The van der Waals surface area contributed by atoms with E-state index < -0.39 is 6.10 Å². The summed E-state index contributed by atoms with van der Waals surface area (Å²) < 4.78 is 7.43. The van der Waals surface area contributed by atoms with Crippen LogP contribution in [0, 0.1) is 6.92 Å². The molecular weight excluding hydrogens is 411 g/mol. The minimum absolute atomic E-state index is 0.460. The van der Waals surface area contributed by atoms with Crippen LogP contribution in [-0.4, -0.2) is 59.6 Å². The van der Waals surface area contributed by atoms with Crippen LogP contribution in [0.15, 0.2) is 48.1 Å². The van der Waals surface area contributed by atoms with Crippen LogP contribution in [0.4, 0.5) is 5.69 Å². The lowest BCUT2D eigenvalue weighted by atomic mass is 9.64. The lowest BCUT2D eigenvalue weighted by molar-refractivity contribution is 0.123. The van der Waals surface area contributed by atoms with Gasteiger partial charge >= 0.3 is 0 Å². The molecule has 33 heavy (non-hydrogen) atoms. The van der Waals surface area contributed by atoms with Gasteiger partial charge in [0.1, 0.15) is 0 Å². The molecule has 1 saturated heterocycles. The number of nitrogens with zero attached hydrogens (tertiary/aromatic N) is 4. The molecule has 6 nitrogen and oxygen atoms in total. The number of anilines is 1. The summed E-state index contributed by atoms with van der Waals surface area (Å²) in [5.74, 6) is 0.781. The molecule has 3 aromatic rings. The van der Waals surface area contributed by atoms with Gasteiger partial charge in [-0.2, -0.15) is 5.10 Å². The minimum Gasteiger partial charge on any atom is -0.390 e. The molecule has 2 aliphatic rings. The lowest BCUT2D eigenvalue weighted by Gasteiger charge is -2.31. The first kappa shape index (κ1) is 21.9. The van der Waals surface area contributed by atoms with Gasteiger partial charge in [0.2, 0.25) is 0 Å². The molecule has 7 heteroatoms. The number of hydrogen-bond donors (Lipinski definition) is 1. The predicted molar refractivity (Wildman–Crippen MR) is 133 cm³/mol. The van der Waals surface area contributed by atoms with Crippen LogP contribution >= 0.6 is 0 Å². The van der Waals surface area contributed by atoms with E-state index in [0.29, 0.717) is 13.2 Å². The number of pyridine rings is 1. The number of hydrogen-bond acceptors (Lipinski definition) is 5. The maximum Gasteiger partial charge on any atom is 0.195 e. The molecule has 0 aliphatic carbocycles. The number of aryl methyl sites for hydroxylation is 1. The second-order valence-corrected chi connectivity index (χ2v) is 8.86. The fourth-order valence-corrected chi connectivity index (χ4v) is 4.52. The highest BCUT2D eigenvalue weighted by atomic mass is 16.5. The highest BCUT2D eigenvalue weighted by Gasteiger charge is 2.27. The molecule has 1 atom stereocenters. The summed E-state index contributed by atoms with van der Waals surface area (Å²) in [5.41, 5.74) is 7.27. The summed E-state index contributed by atoms with van der Waals surface area (Å²) in [6.45, 7) is 7.34. The third-order valence-electron chi connectivity index (χ3n) is 6.37. The van der Waals surface area contributed by atoms with Crippen molar-refractivity contribution in [1.29, 1.82) is 0 Å². The largest absolute Gasteiger partial charge is 0.390 e. The zero-order valence-electron chi connectivity index (χ0n) is 19.4. The van der Waals surface area contributed by atoms with Gasteiger partial charge in [-0.25, -0.2) is 9.67 Å². The van der Waals surface area contributed by atoms with Gasteiger partial charge in [-0.05, 0) is 37.0 Å². The van der Waals surface area contributed by atoms with Crippen molar-refractivity contribution in [2.75, 3.05) is 31.2 Å². The van der Waals surface area contributed by atoms with Crippen molar-refractivity contribution in [2.24, 2.45) is 0 Å². The van der Waals surface area contributed by atoms with Crippen molar-refractivity contribution >= 4 is 24.5 Å². The predicted octanol–water partition coefficient (Wildman–Crippen LogP) is 3.31. The lowest BCUT2D eigenvalue weighted by Crippen LogP contribution is -2.40. The van der Waals surface area contributed by atoms with E-state index in [1.165, 1.54) is 5.56 Å². The van der Waals surface area contributed by atoms with E-state index in [2.05, 4.69) is 56.4 Å². The SMILES string of the molecule is CCCCC(O)C1=Cc2nc(-n3ccc(-c4cccc(C)c4)n3)cc(N3CCOCC3)c2[B]1. The molecule has 1 aromatic carbocycles. The van der Waals surface area contributed by atoms with Gasteiger partial charge in [-0.3, -0.25) is 0 Å². The number of ether oxygens (including phenoxy) is 1. The van der Waals surface area contributed by atoms with Gasteiger partial charge in [0.05, 0.1) is 30.7 Å². The molecule has 1 N–H and O–H groups in total. The second-order valence-electron chi connectivity index (χ2n) is 8.86. The number of unbranched alkanes of at least 4 members (excludes halogenated alkanes) is 1. The highest BCUT2D eigenvalue weighted by Crippen LogP contribution is 2.26. The maximum atomic E-state index is 10.7. The number of morpholine rings is 1. The Hall–Kier alpha value is -2.90. The van der Waals surface area contributed by atoms with Gasteiger partial charge in [-0.15, -0.1) is 0 Å². The zero-order chi connectivity index (χ0) is 22.8.